The van der Waals surface area contributed by atoms with Gasteiger partial charge in [0.15, 0.2) is 0 Å². The van der Waals surface area contributed by atoms with Gasteiger partial charge in [-0.25, -0.2) is 0 Å². The van der Waals surface area contributed by atoms with Crippen LogP contribution in [0.25, 0.3) is 0 Å². The molecule has 1 aliphatic carbocycles. The van der Waals surface area contributed by atoms with E-state index < -0.39 is 0 Å². The van der Waals surface area contributed by atoms with Crippen LogP contribution < -0.4 is 5.32 Å². The van der Waals surface area contributed by atoms with Gasteiger partial charge in [-0.3, -0.25) is 4.79 Å². The highest BCUT2D eigenvalue weighted by molar-refractivity contribution is 9.10. The molecule has 0 aromatic heterocycles. The lowest BCUT2D eigenvalue weighted by Crippen LogP contribution is -2.49. The van der Waals surface area contributed by atoms with E-state index in [2.05, 4.69) is 21.2 Å². The molecule has 0 spiro atoms. The first-order valence-corrected chi connectivity index (χ1v) is 8.29. The Hall–Kier alpha value is -0.620. The molecule has 4 nitrogen and oxygen atoms in total. The van der Waals surface area contributed by atoms with Gasteiger partial charge in [-0.2, -0.15) is 0 Å². The standard InChI is InChI=1S/C15H17BrClNO3/c16-9-1-3-12(17)11(7-9)15(19)18-10-2-4-13-14(8-10)21-6-5-20-13/h1,3,7,10,13-14H,2,4-6,8H2,(H,18,19). The zero-order chi connectivity index (χ0) is 14.8. The maximum Gasteiger partial charge on any atom is 0.253 e. The molecule has 1 amide bonds. The fourth-order valence-corrected chi connectivity index (χ4v) is 3.50. The number of fused-ring (bicyclic) bond motifs is 1. The lowest BCUT2D eigenvalue weighted by atomic mass is 9.89. The minimum Gasteiger partial charge on any atom is -0.373 e. The maximum atomic E-state index is 12.4. The average Bonchev–Trinajstić information content (AvgIpc) is 2.49. The van der Waals surface area contributed by atoms with E-state index in [0.29, 0.717) is 23.8 Å². The summed E-state index contributed by atoms with van der Waals surface area (Å²) in [5.41, 5.74) is 0.494. The van der Waals surface area contributed by atoms with E-state index in [4.69, 9.17) is 21.1 Å². The number of hydrogen-bond donors (Lipinski definition) is 1. The molecule has 6 heteroatoms. The molecule has 114 valence electrons. The number of ether oxygens (including phenoxy) is 2. The van der Waals surface area contributed by atoms with Gasteiger partial charge < -0.3 is 14.8 Å². The molecule has 1 saturated heterocycles. The van der Waals surface area contributed by atoms with E-state index in [0.717, 1.165) is 23.7 Å². The molecule has 1 N–H and O–H groups in total. The molecule has 1 aromatic carbocycles. The molecule has 0 radical (unpaired) electrons. The maximum absolute atomic E-state index is 12.4. The third-order valence-electron chi connectivity index (χ3n) is 3.99. The van der Waals surface area contributed by atoms with Crippen molar-refractivity contribution in [2.24, 2.45) is 0 Å². The smallest absolute Gasteiger partial charge is 0.253 e. The van der Waals surface area contributed by atoms with Gasteiger partial charge >= 0.3 is 0 Å². The molecular formula is C15H17BrClNO3. The first-order chi connectivity index (χ1) is 10.1. The molecule has 1 aromatic rings. The van der Waals surface area contributed by atoms with Gasteiger partial charge in [-0.1, -0.05) is 27.5 Å². The van der Waals surface area contributed by atoms with E-state index in [1.165, 1.54) is 0 Å². The van der Waals surface area contributed by atoms with Crippen LogP contribution in [0.3, 0.4) is 0 Å². The number of hydrogen-bond acceptors (Lipinski definition) is 3. The van der Waals surface area contributed by atoms with Crippen molar-refractivity contribution in [1.82, 2.24) is 5.32 Å². The summed E-state index contributed by atoms with van der Waals surface area (Å²) in [6.07, 6.45) is 2.89. The summed E-state index contributed by atoms with van der Waals surface area (Å²) < 4.78 is 12.3. The predicted molar refractivity (Wildman–Crippen MR) is 83.7 cm³/mol. The van der Waals surface area contributed by atoms with E-state index >= 15 is 0 Å². The molecule has 1 saturated carbocycles. The topological polar surface area (TPSA) is 47.6 Å². The van der Waals surface area contributed by atoms with Crippen LogP contribution in [0.2, 0.25) is 5.02 Å². The Labute approximate surface area is 137 Å². The van der Waals surface area contributed by atoms with Crippen molar-refractivity contribution in [3.63, 3.8) is 0 Å². The highest BCUT2D eigenvalue weighted by Crippen LogP contribution is 2.27. The van der Waals surface area contributed by atoms with Gasteiger partial charge in [-0.15, -0.1) is 0 Å². The van der Waals surface area contributed by atoms with Crippen LogP contribution in [-0.2, 0) is 9.47 Å². The second-order valence-electron chi connectivity index (χ2n) is 5.43. The number of carbonyl (C=O) groups excluding carboxylic acids is 1. The third kappa shape index (κ3) is 3.59. The zero-order valence-corrected chi connectivity index (χ0v) is 13.8. The summed E-state index contributed by atoms with van der Waals surface area (Å²) in [6.45, 7) is 1.31. The molecule has 3 unspecified atom stereocenters. The second-order valence-corrected chi connectivity index (χ2v) is 6.75. The van der Waals surface area contributed by atoms with E-state index in [9.17, 15) is 4.79 Å². The molecule has 3 rings (SSSR count). The summed E-state index contributed by atoms with van der Waals surface area (Å²) in [7, 11) is 0. The average molecular weight is 375 g/mol. The van der Waals surface area contributed by atoms with Gasteiger partial charge in [0.05, 0.1) is 36.0 Å². The lowest BCUT2D eigenvalue weighted by molar-refractivity contribution is -0.157. The van der Waals surface area contributed by atoms with Crippen molar-refractivity contribution in [3.8, 4) is 0 Å². The van der Waals surface area contributed by atoms with Crippen molar-refractivity contribution in [1.29, 1.82) is 0 Å². The largest absolute Gasteiger partial charge is 0.373 e. The fourth-order valence-electron chi connectivity index (χ4n) is 2.93. The molecular weight excluding hydrogens is 358 g/mol. The van der Waals surface area contributed by atoms with E-state index in [1.54, 1.807) is 12.1 Å². The number of benzene rings is 1. The molecule has 2 fully saturated rings. The van der Waals surface area contributed by atoms with Crippen LogP contribution in [0, 0.1) is 0 Å². The Bertz CT molecular complexity index is 540. The second kappa shape index (κ2) is 6.65. The highest BCUT2D eigenvalue weighted by Gasteiger charge is 2.34. The van der Waals surface area contributed by atoms with Gasteiger partial charge in [0.1, 0.15) is 0 Å². The molecule has 1 heterocycles. The van der Waals surface area contributed by atoms with Gasteiger partial charge in [0.2, 0.25) is 0 Å². The zero-order valence-electron chi connectivity index (χ0n) is 11.5. The summed E-state index contributed by atoms with van der Waals surface area (Å²) in [5, 5.41) is 3.52. The fraction of sp³-hybridized carbons (Fsp3) is 0.533. The van der Waals surface area contributed by atoms with Crippen LogP contribution in [0.15, 0.2) is 22.7 Å². The van der Waals surface area contributed by atoms with Crippen LogP contribution in [0.1, 0.15) is 29.6 Å². The SMILES string of the molecule is O=C(NC1CCC2OCCOC2C1)c1cc(Br)ccc1Cl. The quantitative estimate of drug-likeness (QED) is 0.865. The van der Waals surface area contributed by atoms with Gasteiger partial charge in [0.25, 0.3) is 5.91 Å². The first kappa shape index (κ1) is 15.3. The molecule has 1 aliphatic heterocycles. The third-order valence-corrected chi connectivity index (χ3v) is 4.81. The van der Waals surface area contributed by atoms with Crippen molar-refractivity contribution >= 4 is 33.4 Å². The Balaban J connectivity index is 1.63. The normalized spacial score (nSPS) is 28.8. The van der Waals surface area contributed by atoms with Crippen LogP contribution in [-0.4, -0.2) is 37.4 Å². The predicted octanol–water partition coefficient (Wildman–Crippen LogP) is 3.17. The van der Waals surface area contributed by atoms with Crippen molar-refractivity contribution in [2.45, 2.75) is 37.5 Å². The van der Waals surface area contributed by atoms with E-state index in [-0.39, 0.29) is 24.2 Å². The van der Waals surface area contributed by atoms with Crippen molar-refractivity contribution in [2.75, 3.05) is 13.2 Å². The Morgan fingerprint density at radius 3 is 2.81 bits per heavy atom. The molecule has 3 atom stereocenters. The lowest BCUT2D eigenvalue weighted by Gasteiger charge is -2.39. The summed E-state index contributed by atoms with van der Waals surface area (Å²) in [4.78, 5) is 12.4. The monoisotopic (exact) mass is 373 g/mol. The summed E-state index contributed by atoms with van der Waals surface area (Å²) >= 11 is 9.45. The number of carbonyl (C=O) groups is 1. The Kier molecular flexibility index (Phi) is 4.84. The van der Waals surface area contributed by atoms with Gasteiger partial charge in [0, 0.05) is 10.5 Å². The Morgan fingerprint density at radius 1 is 1.24 bits per heavy atom. The highest BCUT2D eigenvalue weighted by atomic mass is 79.9. The Morgan fingerprint density at radius 2 is 2.00 bits per heavy atom. The minimum absolute atomic E-state index is 0.0933. The first-order valence-electron chi connectivity index (χ1n) is 7.12. The number of nitrogens with one attached hydrogen (secondary N) is 1. The minimum atomic E-state index is -0.138. The van der Waals surface area contributed by atoms with Crippen LogP contribution in [0.5, 0.6) is 0 Å². The molecule has 2 aliphatic rings. The number of rotatable bonds is 2. The van der Waals surface area contributed by atoms with Crippen molar-refractivity contribution in [3.05, 3.63) is 33.3 Å². The summed E-state index contributed by atoms with van der Waals surface area (Å²) in [5.74, 6) is -0.138. The molecule has 0 bridgehead atoms. The van der Waals surface area contributed by atoms with Gasteiger partial charge in [-0.05, 0) is 37.5 Å². The van der Waals surface area contributed by atoms with Crippen LogP contribution >= 0.6 is 27.5 Å². The number of halogens is 2. The molecule has 21 heavy (non-hydrogen) atoms. The summed E-state index contributed by atoms with van der Waals surface area (Å²) in [6, 6.07) is 5.38. The number of amides is 1. The van der Waals surface area contributed by atoms with E-state index in [1.807, 2.05) is 6.07 Å². The van der Waals surface area contributed by atoms with Crippen LogP contribution in [0.4, 0.5) is 0 Å². The van der Waals surface area contributed by atoms with Crippen molar-refractivity contribution < 1.29 is 14.3 Å².